The molecule has 1 heterocycles. The zero-order valence-electron chi connectivity index (χ0n) is 14.0. The largest absolute Gasteiger partial charge is 0.359 e. The molecule has 2 N–H and O–H groups in total. The molecule has 0 radical (unpaired) electrons. The molecule has 1 atom stereocenters. The molecule has 0 spiro atoms. The minimum absolute atomic E-state index is 0. The average Bonchev–Trinajstić information content (AvgIpc) is 3.00. The summed E-state index contributed by atoms with van der Waals surface area (Å²) >= 11 is 0. The van der Waals surface area contributed by atoms with E-state index in [0.717, 1.165) is 23.0 Å². The highest BCUT2D eigenvalue weighted by molar-refractivity contribution is 14.0. The number of hydrogen-bond acceptors (Lipinski definition) is 3. The first-order valence-electron chi connectivity index (χ1n) is 7.58. The van der Waals surface area contributed by atoms with E-state index in [1.54, 1.807) is 7.05 Å². The van der Waals surface area contributed by atoms with Crippen molar-refractivity contribution in [3.8, 4) is 11.3 Å². The first-order chi connectivity index (χ1) is 10.6. The number of halogens is 1. The summed E-state index contributed by atoms with van der Waals surface area (Å²) in [4.78, 5) is 4.22. The van der Waals surface area contributed by atoms with Crippen LogP contribution in [0.15, 0.2) is 45.9 Å². The maximum Gasteiger partial charge on any atom is 0.191 e. The molecule has 126 valence electrons. The van der Waals surface area contributed by atoms with E-state index in [0.29, 0.717) is 18.5 Å². The van der Waals surface area contributed by atoms with E-state index in [9.17, 15) is 0 Å². The second-order valence-corrected chi connectivity index (χ2v) is 5.65. The lowest BCUT2D eigenvalue weighted by molar-refractivity contribution is 0.381. The zero-order valence-corrected chi connectivity index (χ0v) is 16.4. The van der Waals surface area contributed by atoms with Crippen molar-refractivity contribution in [2.45, 2.75) is 33.4 Å². The van der Waals surface area contributed by atoms with Gasteiger partial charge in [-0.05, 0) is 12.8 Å². The fourth-order valence-electron chi connectivity index (χ4n) is 1.89. The summed E-state index contributed by atoms with van der Waals surface area (Å²) < 4.78 is 5.37. The molecule has 0 amide bonds. The molecule has 1 aromatic carbocycles. The third-order valence-corrected chi connectivity index (χ3v) is 3.65. The maximum atomic E-state index is 5.37. The molecule has 23 heavy (non-hydrogen) atoms. The molecule has 1 aromatic heterocycles. The summed E-state index contributed by atoms with van der Waals surface area (Å²) in [5.74, 6) is 2.08. The van der Waals surface area contributed by atoms with Gasteiger partial charge in [0, 0.05) is 24.7 Å². The molecule has 5 nitrogen and oxygen atoms in total. The van der Waals surface area contributed by atoms with E-state index < -0.39 is 0 Å². The Hall–Kier alpha value is -1.57. The van der Waals surface area contributed by atoms with Crippen molar-refractivity contribution in [1.82, 2.24) is 15.8 Å². The van der Waals surface area contributed by atoms with Crippen molar-refractivity contribution >= 4 is 29.9 Å². The van der Waals surface area contributed by atoms with Crippen LogP contribution in [0.2, 0.25) is 0 Å². The van der Waals surface area contributed by atoms with Crippen molar-refractivity contribution in [1.29, 1.82) is 0 Å². The van der Waals surface area contributed by atoms with Crippen molar-refractivity contribution in [2.75, 3.05) is 7.05 Å². The van der Waals surface area contributed by atoms with Crippen LogP contribution >= 0.6 is 24.0 Å². The van der Waals surface area contributed by atoms with Gasteiger partial charge < -0.3 is 15.2 Å². The van der Waals surface area contributed by atoms with E-state index in [2.05, 4.69) is 41.6 Å². The van der Waals surface area contributed by atoms with Crippen LogP contribution in [-0.2, 0) is 6.54 Å². The van der Waals surface area contributed by atoms with Gasteiger partial charge in [0.15, 0.2) is 11.7 Å². The standard InChI is InChI=1S/C17H24N4O.HI/c1-12(2)13(3)20-17(18-4)19-11-15-10-16(21-22-15)14-8-6-5-7-9-14;/h5-10,12-13H,11H2,1-4H3,(H2,18,19,20);1H. The van der Waals surface area contributed by atoms with Crippen LogP contribution < -0.4 is 10.6 Å². The van der Waals surface area contributed by atoms with Gasteiger partial charge in [-0.15, -0.1) is 24.0 Å². The lowest BCUT2D eigenvalue weighted by Gasteiger charge is -2.20. The van der Waals surface area contributed by atoms with Crippen LogP contribution in [0.25, 0.3) is 11.3 Å². The Kier molecular flexibility index (Phi) is 8.08. The van der Waals surface area contributed by atoms with Crippen LogP contribution in [0.4, 0.5) is 0 Å². The third kappa shape index (κ3) is 5.85. The molecule has 0 aliphatic rings. The highest BCUT2D eigenvalue weighted by atomic mass is 127. The van der Waals surface area contributed by atoms with Gasteiger partial charge in [-0.2, -0.15) is 0 Å². The number of hydrogen-bond donors (Lipinski definition) is 2. The maximum absolute atomic E-state index is 5.37. The Labute approximate surface area is 155 Å². The minimum Gasteiger partial charge on any atom is -0.359 e. The van der Waals surface area contributed by atoms with Crippen LogP contribution in [0.1, 0.15) is 26.5 Å². The highest BCUT2D eigenvalue weighted by Gasteiger charge is 2.10. The second kappa shape index (κ2) is 9.54. The number of nitrogens with one attached hydrogen (secondary N) is 2. The summed E-state index contributed by atoms with van der Waals surface area (Å²) in [5.41, 5.74) is 1.89. The van der Waals surface area contributed by atoms with E-state index in [1.807, 2.05) is 36.4 Å². The van der Waals surface area contributed by atoms with Crippen molar-refractivity contribution < 1.29 is 4.52 Å². The Bertz CT molecular complexity index is 610. The van der Waals surface area contributed by atoms with Gasteiger partial charge in [-0.25, -0.2) is 0 Å². The lowest BCUT2D eigenvalue weighted by atomic mass is 10.1. The van der Waals surface area contributed by atoms with Crippen molar-refractivity contribution in [2.24, 2.45) is 10.9 Å². The van der Waals surface area contributed by atoms with Crippen LogP contribution in [-0.4, -0.2) is 24.2 Å². The van der Waals surface area contributed by atoms with Crippen LogP contribution in [0.3, 0.4) is 0 Å². The fraction of sp³-hybridized carbons (Fsp3) is 0.412. The average molecular weight is 428 g/mol. The molecule has 0 aliphatic carbocycles. The predicted molar refractivity (Wildman–Crippen MR) is 105 cm³/mol. The number of benzene rings is 1. The molecular weight excluding hydrogens is 403 g/mol. The van der Waals surface area contributed by atoms with Crippen molar-refractivity contribution in [3.63, 3.8) is 0 Å². The monoisotopic (exact) mass is 428 g/mol. The summed E-state index contributed by atoms with van der Waals surface area (Å²) in [6.45, 7) is 7.03. The topological polar surface area (TPSA) is 62.5 Å². The summed E-state index contributed by atoms with van der Waals surface area (Å²) in [6.07, 6.45) is 0. The molecule has 2 aromatic rings. The second-order valence-electron chi connectivity index (χ2n) is 5.65. The van der Waals surface area contributed by atoms with Crippen molar-refractivity contribution in [3.05, 3.63) is 42.2 Å². The molecule has 6 heteroatoms. The van der Waals surface area contributed by atoms with Gasteiger partial charge >= 0.3 is 0 Å². The molecule has 0 saturated heterocycles. The van der Waals surface area contributed by atoms with Gasteiger partial charge in [0.1, 0.15) is 5.69 Å². The van der Waals surface area contributed by atoms with Gasteiger partial charge in [-0.3, -0.25) is 4.99 Å². The summed E-state index contributed by atoms with van der Waals surface area (Å²) in [7, 11) is 1.76. The first kappa shape index (κ1) is 19.5. The minimum atomic E-state index is 0. The number of aromatic nitrogens is 1. The van der Waals surface area contributed by atoms with E-state index in [-0.39, 0.29) is 24.0 Å². The van der Waals surface area contributed by atoms with E-state index >= 15 is 0 Å². The quantitative estimate of drug-likeness (QED) is 0.434. The number of aliphatic imine (C=N–C) groups is 1. The van der Waals surface area contributed by atoms with Gasteiger partial charge in [0.25, 0.3) is 0 Å². The Morgan fingerprint density at radius 3 is 2.52 bits per heavy atom. The molecule has 2 rings (SSSR count). The molecule has 1 unspecified atom stereocenters. The molecule has 0 bridgehead atoms. The lowest BCUT2D eigenvalue weighted by Crippen LogP contribution is -2.43. The first-order valence-corrected chi connectivity index (χ1v) is 7.58. The van der Waals surface area contributed by atoms with Gasteiger partial charge in [0.2, 0.25) is 0 Å². The number of rotatable bonds is 5. The Morgan fingerprint density at radius 1 is 1.22 bits per heavy atom. The molecule has 0 saturated carbocycles. The molecule has 0 aliphatic heterocycles. The molecule has 0 fully saturated rings. The SMILES string of the molecule is CN=C(NCc1cc(-c2ccccc2)no1)NC(C)C(C)C.I. The van der Waals surface area contributed by atoms with Crippen LogP contribution in [0.5, 0.6) is 0 Å². The van der Waals surface area contributed by atoms with Gasteiger partial charge in [-0.1, -0.05) is 49.3 Å². The van der Waals surface area contributed by atoms with E-state index in [4.69, 9.17) is 4.52 Å². The Morgan fingerprint density at radius 2 is 1.91 bits per heavy atom. The summed E-state index contributed by atoms with van der Waals surface area (Å²) in [6, 6.07) is 12.3. The zero-order chi connectivity index (χ0) is 15.9. The third-order valence-electron chi connectivity index (χ3n) is 3.65. The predicted octanol–water partition coefficient (Wildman–Crippen LogP) is 3.67. The summed E-state index contributed by atoms with van der Waals surface area (Å²) in [5, 5.41) is 10.7. The smallest absolute Gasteiger partial charge is 0.191 e. The Balaban J connectivity index is 0.00000264. The highest BCUT2D eigenvalue weighted by Crippen LogP contribution is 2.18. The number of nitrogens with zero attached hydrogens (tertiary/aromatic N) is 2. The van der Waals surface area contributed by atoms with Crippen LogP contribution in [0, 0.1) is 5.92 Å². The number of guanidine groups is 1. The van der Waals surface area contributed by atoms with Gasteiger partial charge in [0.05, 0.1) is 6.54 Å². The molecular formula is C17H25IN4O. The fourth-order valence-corrected chi connectivity index (χ4v) is 1.89. The normalized spacial score (nSPS) is 12.7. The van der Waals surface area contributed by atoms with E-state index in [1.165, 1.54) is 0 Å².